The predicted octanol–water partition coefficient (Wildman–Crippen LogP) is 1.62. The van der Waals surface area contributed by atoms with E-state index in [1.807, 2.05) is 6.92 Å². The highest BCUT2D eigenvalue weighted by atomic mass is 32.2. The van der Waals surface area contributed by atoms with E-state index >= 15 is 0 Å². The van der Waals surface area contributed by atoms with Crippen LogP contribution in [0.15, 0.2) is 34.3 Å². The number of rotatable bonds is 6. The van der Waals surface area contributed by atoms with Crippen LogP contribution in [0.3, 0.4) is 0 Å². The van der Waals surface area contributed by atoms with Gasteiger partial charge in [-0.2, -0.15) is 8.42 Å². The van der Waals surface area contributed by atoms with Gasteiger partial charge in [0, 0.05) is 4.91 Å². The molecule has 5 atom stereocenters. The van der Waals surface area contributed by atoms with E-state index in [1.54, 1.807) is 26.0 Å². The maximum atomic E-state index is 12.2. The second-order valence-corrected chi connectivity index (χ2v) is 8.50. The zero-order chi connectivity index (χ0) is 19.8. The van der Waals surface area contributed by atoms with Gasteiger partial charge in [0.2, 0.25) is 0 Å². The summed E-state index contributed by atoms with van der Waals surface area (Å²) in [5, 5.41) is 14.0. The minimum atomic E-state index is -4.05. The minimum absolute atomic E-state index is 0.0236. The van der Waals surface area contributed by atoms with Crippen LogP contribution in [0.25, 0.3) is 10.4 Å². The van der Waals surface area contributed by atoms with Crippen molar-refractivity contribution in [2.75, 3.05) is 6.61 Å². The van der Waals surface area contributed by atoms with Gasteiger partial charge in [0.05, 0.1) is 17.5 Å². The SMILES string of the molecule is Cc1ccc(S(=O)(=O)OC[C@@H](O)[C@H]2O[C@@H]3OC(C)(C)O[C@@H]3[C@H]2N=[N+]=[N-])cc1. The lowest BCUT2D eigenvalue weighted by molar-refractivity contribution is -0.216. The molecule has 2 fully saturated rings. The van der Waals surface area contributed by atoms with Gasteiger partial charge >= 0.3 is 0 Å². The summed E-state index contributed by atoms with van der Waals surface area (Å²) in [7, 11) is -4.05. The van der Waals surface area contributed by atoms with Gasteiger partial charge in [0.25, 0.3) is 10.1 Å². The molecule has 2 saturated heterocycles. The first-order valence-corrected chi connectivity index (χ1v) is 9.73. The van der Waals surface area contributed by atoms with Gasteiger partial charge in [-0.3, -0.25) is 4.18 Å². The molecule has 2 aliphatic heterocycles. The highest BCUT2D eigenvalue weighted by Gasteiger charge is 2.56. The first kappa shape index (κ1) is 20.0. The number of fused-ring (bicyclic) bond motifs is 1. The van der Waals surface area contributed by atoms with Crippen molar-refractivity contribution in [1.29, 1.82) is 0 Å². The molecular weight excluding hydrogens is 378 g/mol. The second-order valence-electron chi connectivity index (χ2n) is 6.88. The molecule has 148 valence electrons. The lowest BCUT2D eigenvalue weighted by atomic mass is 10.0. The number of hydrogen-bond donors (Lipinski definition) is 1. The maximum absolute atomic E-state index is 12.2. The van der Waals surface area contributed by atoms with Crippen LogP contribution in [0.1, 0.15) is 19.4 Å². The summed E-state index contributed by atoms with van der Waals surface area (Å²) in [5.41, 5.74) is 9.71. The fourth-order valence-corrected chi connectivity index (χ4v) is 3.98. The molecule has 0 unspecified atom stereocenters. The Morgan fingerprint density at radius 3 is 2.63 bits per heavy atom. The molecule has 0 aliphatic carbocycles. The zero-order valence-corrected chi connectivity index (χ0v) is 15.9. The third-order valence-electron chi connectivity index (χ3n) is 4.32. The van der Waals surface area contributed by atoms with Crippen LogP contribution < -0.4 is 0 Å². The second kappa shape index (κ2) is 7.36. The summed E-state index contributed by atoms with van der Waals surface area (Å²) in [6.07, 6.45) is -3.94. The van der Waals surface area contributed by atoms with E-state index in [0.29, 0.717) is 0 Å². The summed E-state index contributed by atoms with van der Waals surface area (Å²) < 4.78 is 46.3. The quantitative estimate of drug-likeness (QED) is 0.332. The molecule has 0 amide bonds. The van der Waals surface area contributed by atoms with Gasteiger partial charge in [-0.1, -0.05) is 22.8 Å². The van der Waals surface area contributed by atoms with E-state index in [0.717, 1.165) is 5.56 Å². The predicted molar refractivity (Wildman–Crippen MR) is 92.0 cm³/mol. The zero-order valence-electron chi connectivity index (χ0n) is 15.0. The molecule has 27 heavy (non-hydrogen) atoms. The Morgan fingerprint density at radius 1 is 1.33 bits per heavy atom. The minimum Gasteiger partial charge on any atom is -0.388 e. The highest BCUT2D eigenvalue weighted by Crippen LogP contribution is 2.39. The Bertz CT molecular complexity index is 836. The van der Waals surface area contributed by atoms with Gasteiger partial charge in [-0.25, -0.2) is 0 Å². The van der Waals surface area contributed by atoms with E-state index in [4.69, 9.17) is 23.9 Å². The first-order chi connectivity index (χ1) is 12.6. The summed E-state index contributed by atoms with van der Waals surface area (Å²) in [4.78, 5) is 2.74. The average molecular weight is 399 g/mol. The van der Waals surface area contributed by atoms with Crippen LogP contribution in [-0.2, 0) is 28.5 Å². The van der Waals surface area contributed by atoms with Crippen molar-refractivity contribution in [1.82, 2.24) is 0 Å². The Morgan fingerprint density at radius 2 is 2.00 bits per heavy atom. The largest absolute Gasteiger partial charge is 0.388 e. The number of hydrogen-bond acceptors (Lipinski definition) is 8. The van der Waals surface area contributed by atoms with Crippen LogP contribution in [0.2, 0.25) is 0 Å². The molecule has 0 saturated carbocycles. The summed E-state index contributed by atoms with van der Waals surface area (Å²) in [6, 6.07) is 5.23. The molecule has 3 rings (SSSR count). The molecule has 0 radical (unpaired) electrons. The lowest BCUT2D eigenvalue weighted by Gasteiger charge is -2.26. The molecule has 2 heterocycles. The fraction of sp³-hybridized carbons (Fsp3) is 0.625. The molecule has 10 nitrogen and oxygen atoms in total. The molecule has 0 spiro atoms. The molecule has 2 aliphatic rings. The van der Waals surface area contributed by atoms with Gasteiger partial charge in [-0.15, -0.1) is 0 Å². The molecule has 0 bridgehead atoms. The maximum Gasteiger partial charge on any atom is 0.297 e. The van der Waals surface area contributed by atoms with Crippen molar-refractivity contribution in [3.05, 3.63) is 40.3 Å². The Kier molecular flexibility index (Phi) is 5.46. The average Bonchev–Trinajstić information content (AvgIpc) is 3.06. The van der Waals surface area contributed by atoms with Crippen molar-refractivity contribution in [2.24, 2.45) is 5.11 Å². The number of azide groups is 1. The smallest absolute Gasteiger partial charge is 0.297 e. The monoisotopic (exact) mass is 399 g/mol. The number of aliphatic hydroxyl groups excluding tert-OH is 1. The topological polar surface area (TPSA) is 140 Å². The number of nitrogens with zero attached hydrogens (tertiary/aromatic N) is 3. The number of benzene rings is 1. The summed E-state index contributed by atoms with van der Waals surface area (Å²) in [5.74, 6) is -0.917. The van der Waals surface area contributed by atoms with Crippen LogP contribution >= 0.6 is 0 Å². The number of ether oxygens (including phenoxy) is 3. The van der Waals surface area contributed by atoms with Crippen LogP contribution in [0.5, 0.6) is 0 Å². The van der Waals surface area contributed by atoms with Crippen molar-refractivity contribution < 1.29 is 31.9 Å². The van der Waals surface area contributed by atoms with Crippen LogP contribution in [-0.4, -0.2) is 56.6 Å². The first-order valence-electron chi connectivity index (χ1n) is 8.32. The number of aliphatic hydroxyl groups is 1. The molecule has 0 aromatic heterocycles. The highest BCUT2D eigenvalue weighted by molar-refractivity contribution is 7.86. The molecule has 1 N–H and O–H groups in total. The summed E-state index contributed by atoms with van der Waals surface area (Å²) >= 11 is 0. The van der Waals surface area contributed by atoms with Crippen LogP contribution in [0, 0.1) is 6.92 Å². The third kappa shape index (κ3) is 4.25. The molecular formula is C16H21N3O7S. The third-order valence-corrected chi connectivity index (χ3v) is 5.62. The fourth-order valence-electron chi connectivity index (χ4n) is 3.05. The molecule has 1 aromatic carbocycles. The Hall–Kier alpha value is -1.72. The van der Waals surface area contributed by atoms with E-state index in [-0.39, 0.29) is 4.90 Å². The van der Waals surface area contributed by atoms with Gasteiger partial charge < -0.3 is 19.3 Å². The van der Waals surface area contributed by atoms with Gasteiger partial charge in [0.15, 0.2) is 12.1 Å². The Balaban J connectivity index is 1.68. The van der Waals surface area contributed by atoms with Gasteiger partial charge in [0.1, 0.15) is 18.3 Å². The van der Waals surface area contributed by atoms with E-state index in [2.05, 4.69) is 10.0 Å². The Labute approximate surface area is 156 Å². The normalized spacial score (nSPS) is 30.5. The standard InChI is InChI=1S/C16H21N3O7S/c1-9-4-6-10(7-5-9)27(21,22)23-8-11(20)13-12(18-19-17)14-15(24-13)26-16(2,3)25-14/h4-7,11-15,20H,8H2,1-3H3/t11-,12+,13-,14-,15-/m1/s1. The van der Waals surface area contributed by atoms with Crippen molar-refractivity contribution in [3.63, 3.8) is 0 Å². The molecule has 11 heteroatoms. The lowest BCUT2D eigenvalue weighted by Crippen LogP contribution is -2.42. The van der Waals surface area contributed by atoms with Crippen molar-refractivity contribution in [3.8, 4) is 0 Å². The van der Waals surface area contributed by atoms with Crippen LogP contribution in [0.4, 0.5) is 0 Å². The number of aryl methyl sites for hydroxylation is 1. The van der Waals surface area contributed by atoms with Gasteiger partial charge in [-0.05, 0) is 38.4 Å². The van der Waals surface area contributed by atoms with Crippen molar-refractivity contribution in [2.45, 2.75) is 62.1 Å². The van der Waals surface area contributed by atoms with Crippen molar-refractivity contribution >= 4 is 10.1 Å². The molecule has 1 aromatic rings. The van der Waals surface area contributed by atoms with E-state index < -0.39 is 53.2 Å². The summed E-state index contributed by atoms with van der Waals surface area (Å²) in [6.45, 7) is 4.63. The van der Waals surface area contributed by atoms with E-state index in [1.165, 1.54) is 12.1 Å². The van der Waals surface area contributed by atoms with E-state index in [9.17, 15) is 13.5 Å².